The normalized spacial score (nSPS) is 12.1. The van der Waals surface area contributed by atoms with Gasteiger partial charge < -0.3 is 20.9 Å². The van der Waals surface area contributed by atoms with Gasteiger partial charge in [-0.3, -0.25) is 0 Å². The third-order valence-electron chi connectivity index (χ3n) is 4.44. The van der Waals surface area contributed by atoms with Crippen molar-refractivity contribution in [2.24, 2.45) is 0 Å². The highest BCUT2D eigenvalue weighted by Gasteiger charge is 2.42. The van der Waals surface area contributed by atoms with Crippen LogP contribution in [0.1, 0.15) is 11.1 Å². The van der Waals surface area contributed by atoms with E-state index >= 15 is 0 Å². The fraction of sp³-hybridized carbons (Fsp3) is 0.100. The van der Waals surface area contributed by atoms with Crippen molar-refractivity contribution < 1.29 is 62.2 Å². The van der Waals surface area contributed by atoms with Crippen LogP contribution < -0.4 is 20.9 Å². The van der Waals surface area contributed by atoms with Gasteiger partial charge >= 0.3 is 12.4 Å². The zero-order valence-corrected chi connectivity index (χ0v) is 16.8. The largest absolute Gasteiger partial charge is 0.450 e. The number of hydrogen-bond acceptors (Lipinski definition) is 4. The van der Waals surface area contributed by atoms with Crippen molar-refractivity contribution in [3.8, 4) is 23.0 Å². The highest BCUT2D eigenvalue weighted by Crippen LogP contribution is 2.48. The maximum atomic E-state index is 14.2. The van der Waals surface area contributed by atoms with Gasteiger partial charge in [-0.15, -0.1) is 0 Å². The smallest absolute Gasteiger partial charge is 0.420 e. The Kier molecular flexibility index (Phi) is 6.59. The molecule has 3 aromatic rings. The second-order valence-corrected chi connectivity index (χ2v) is 6.84. The summed E-state index contributed by atoms with van der Waals surface area (Å²) in [6.45, 7) is 0. The summed E-state index contributed by atoms with van der Waals surface area (Å²) in [6, 6.07) is -1.07. The lowest BCUT2D eigenvalue weighted by atomic mass is 10.1. The maximum absolute atomic E-state index is 14.2. The first-order valence-corrected chi connectivity index (χ1v) is 8.97. The number of anilines is 2. The van der Waals surface area contributed by atoms with Crippen LogP contribution in [-0.4, -0.2) is 0 Å². The first-order valence-electron chi connectivity index (χ1n) is 8.97. The van der Waals surface area contributed by atoms with Crippen LogP contribution in [0, 0.1) is 34.9 Å². The molecule has 0 radical (unpaired) electrons. The Labute approximate surface area is 191 Å². The van der Waals surface area contributed by atoms with E-state index in [4.69, 9.17) is 11.5 Å². The van der Waals surface area contributed by atoms with Crippen LogP contribution in [0.5, 0.6) is 23.0 Å². The quantitative estimate of drug-likeness (QED) is 0.271. The second-order valence-electron chi connectivity index (χ2n) is 6.84. The van der Waals surface area contributed by atoms with E-state index in [2.05, 4.69) is 9.47 Å². The summed E-state index contributed by atoms with van der Waals surface area (Å²) in [5.41, 5.74) is 2.60. The van der Waals surface area contributed by atoms with Crippen molar-refractivity contribution in [1.82, 2.24) is 0 Å². The van der Waals surface area contributed by atoms with Crippen molar-refractivity contribution in [2.45, 2.75) is 12.4 Å². The SMILES string of the molecule is Nc1c(F)cc(F)c(Oc2cc(Oc3c(F)cc(F)c(N)c3F)c(C(F)(F)F)cc2C(F)(F)F)c1F. The molecule has 194 valence electrons. The van der Waals surface area contributed by atoms with Crippen LogP contribution in [0.15, 0.2) is 24.3 Å². The van der Waals surface area contributed by atoms with Gasteiger partial charge in [-0.25, -0.2) is 26.3 Å². The Balaban J connectivity index is 2.30. The lowest BCUT2D eigenvalue weighted by molar-refractivity contribution is -0.144. The molecule has 0 amide bonds. The van der Waals surface area contributed by atoms with Crippen molar-refractivity contribution in [1.29, 1.82) is 0 Å². The average Bonchev–Trinajstić information content (AvgIpc) is 2.75. The molecule has 4 N–H and O–H groups in total. The zero-order valence-electron chi connectivity index (χ0n) is 16.8. The van der Waals surface area contributed by atoms with Crippen LogP contribution >= 0.6 is 0 Å². The minimum atomic E-state index is -5.66. The molecule has 0 aliphatic heterocycles. The minimum absolute atomic E-state index is 0.0887. The molecule has 0 unspecified atom stereocenters. The lowest BCUT2D eigenvalue weighted by Gasteiger charge is -2.21. The summed E-state index contributed by atoms with van der Waals surface area (Å²) < 4.78 is 173. The van der Waals surface area contributed by atoms with Gasteiger partial charge in [0.25, 0.3) is 0 Å². The zero-order chi connectivity index (χ0) is 27.3. The average molecular weight is 536 g/mol. The molecule has 0 atom stereocenters. The summed E-state index contributed by atoms with van der Waals surface area (Å²) in [6.07, 6.45) is -11.3. The number of halogens is 12. The molecule has 0 saturated carbocycles. The van der Waals surface area contributed by atoms with E-state index in [0.717, 1.165) is 0 Å². The highest BCUT2D eigenvalue weighted by atomic mass is 19.4. The van der Waals surface area contributed by atoms with E-state index < -0.39 is 98.8 Å². The van der Waals surface area contributed by atoms with E-state index in [0.29, 0.717) is 0 Å². The fourth-order valence-electron chi connectivity index (χ4n) is 2.75. The summed E-state index contributed by atoms with van der Waals surface area (Å²) in [4.78, 5) is 0. The molecule has 0 saturated heterocycles. The number of hydrogen-bond donors (Lipinski definition) is 2. The predicted molar refractivity (Wildman–Crippen MR) is 98.1 cm³/mol. The van der Waals surface area contributed by atoms with E-state index in [9.17, 15) is 52.7 Å². The van der Waals surface area contributed by atoms with Crippen LogP contribution in [0.2, 0.25) is 0 Å². The van der Waals surface area contributed by atoms with Crippen molar-refractivity contribution in [3.05, 3.63) is 70.3 Å². The van der Waals surface area contributed by atoms with Gasteiger partial charge in [0.15, 0.2) is 34.9 Å². The topological polar surface area (TPSA) is 70.5 Å². The Morgan fingerprint density at radius 2 is 0.833 bits per heavy atom. The van der Waals surface area contributed by atoms with Crippen LogP contribution in [0.3, 0.4) is 0 Å². The Morgan fingerprint density at radius 3 is 1.14 bits per heavy atom. The summed E-state index contributed by atoms with van der Waals surface area (Å²) in [5, 5.41) is 0. The van der Waals surface area contributed by atoms with Crippen molar-refractivity contribution >= 4 is 11.4 Å². The molecule has 0 aromatic heterocycles. The third kappa shape index (κ3) is 4.87. The number of alkyl halides is 6. The third-order valence-corrected chi connectivity index (χ3v) is 4.44. The lowest BCUT2D eigenvalue weighted by Crippen LogP contribution is -2.14. The molecular weight excluding hydrogens is 528 g/mol. The predicted octanol–water partition coefficient (Wildman–Crippen LogP) is 7.31. The Morgan fingerprint density at radius 1 is 0.500 bits per heavy atom. The van der Waals surface area contributed by atoms with E-state index in [1.165, 1.54) is 0 Å². The number of benzene rings is 3. The van der Waals surface area contributed by atoms with E-state index in [-0.39, 0.29) is 18.2 Å². The summed E-state index contributed by atoms with van der Waals surface area (Å²) in [7, 11) is 0. The molecule has 36 heavy (non-hydrogen) atoms. The number of ether oxygens (including phenoxy) is 2. The molecular formula is C20H8F12N2O2. The molecule has 16 heteroatoms. The van der Waals surface area contributed by atoms with E-state index in [1.807, 2.05) is 0 Å². The first-order chi connectivity index (χ1) is 16.4. The van der Waals surface area contributed by atoms with Crippen LogP contribution in [0.25, 0.3) is 0 Å². The van der Waals surface area contributed by atoms with E-state index in [1.54, 1.807) is 0 Å². The van der Waals surface area contributed by atoms with Gasteiger partial charge in [-0.2, -0.15) is 26.3 Å². The van der Waals surface area contributed by atoms with Gasteiger partial charge in [0, 0.05) is 18.2 Å². The summed E-state index contributed by atoms with van der Waals surface area (Å²) >= 11 is 0. The maximum Gasteiger partial charge on any atom is 0.420 e. The molecule has 3 aromatic carbocycles. The number of rotatable bonds is 4. The molecule has 3 rings (SSSR count). The molecule has 0 aliphatic rings. The molecule has 4 nitrogen and oxygen atoms in total. The minimum Gasteiger partial charge on any atom is -0.450 e. The Bertz CT molecular complexity index is 1250. The van der Waals surface area contributed by atoms with Gasteiger partial charge in [0.2, 0.25) is 11.5 Å². The Hall–Kier alpha value is -3.98. The number of nitrogens with two attached hydrogens (primary N) is 2. The molecule has 0 aliphatic carbocycles. The van der Waals surface area contributed by atoms with Crippen LogP contribution in [0.4, 0.5) is 64.1 Å². The van der Waals surface area contributed by atoms with Gasteiger partial charge in [0.05, 0.1) is 11.1 Å². The van der Waals surface area contributed by atoms with Gasteiger partial charge in [-0.1, -0.05) is 0 Å². The highest BCUT2D eigenvalue weighted by molar-refractivity contribution is 5.56. The standard InChI is InChI=1S/C20H8F12N2O2/c21-7-2-9(23)17(13(25)15(7)33)35-11-4-12(6(20(30,31)32)1-5(11)19(27,28)29)36-18-10(24)3-8(22)16(34)14(18)26/h1-4H,33-34H2. The fourth-order valence-corrected chi connectivity index (χ4v) is 2.75. The molecule has 0 heterocycles. The molecule has 0 fully saturated rings. The second kappa shape index (κ2) is 8.91. The molecule has 0 bridgehead atoms. The molecule has 0 spiro atoms. The number of nitrogen functional groups attached to an aromatic ring is 2. The van der Waals surface area contributed by atoms with Gasteiger partial charge in [-0.05, 0) is 6.07 Å². The summed E-state index contributed by atoms with van der Waals surface area (Å²) in [5.74, 6) is -18.4. The van der Waals surface area contributed by atoms with Crippen molar-refractivity contribution in [2.75, 3.05) is 11.5 Å². The van der Waals surface area contributed by atoms with Gasteiger partial charge in [0.1, 0.15) is 22.9 Å². The van der Waals surface area contributed by atoms with Crippen LogP contribution in [-0.2, 0) is 12.4 Å². The monoisotopic (exact) mass is 536 g/mol. The van der Waals surface area contributed by atoms with Crippen molar-refractivity contribution in [3.63, 3.8) is 0 Å². The first kappa shape index (κ1) is 26.6.